The molecule has 10 heterocycles. The molecule has 8 aromatic heterocycles. The van der Waals surface area contributed by atoms with Crippen molar-refractivity contribution < 1.29 is 17.7 Å². The van der Waals surface area contributed by atoms with Crippen LogP contribution < -0.4 is 36.0 Å². The van der Waals surface area contributed by atoms with Crippen LogP contribution in [0.4, 0.5) is 68.2 Å². The van der Waals surface area contributed by atoms with Gasteiger partial charge >= 0.3 is 23.4 Å². The van der Waals surface area contributed by atoms with Crippen LogP contribution in [0.15, 0.2) is 333 Å². The smallest absolute Gasteiger partial charge is 0.307 e. The van der Waals surface area contributed by atoms with Gasteiger partial charge in [0.15, 0.2) is 22.3 Å². The van der Waals surface area contributed by atoms with Gasteiger partial charge in [-0.2, -0.15) is 19.9 Å². The van der Waals surface area contributed by atoms with Crippen molar-refractivity contribution in [3.05, 3.63) is 320 Å². The van der Waals surface area contributed by atoms with E-state index in [0.29, 0.717) is 28.4 Å². The number of para-hydroxylation sites is 12. The van der Waals surface area contributed by atoms with Crippen LogP contribution in [-0.4, -0.2) is 44.3 Å². The van der Waals surface area contributed by atoms with Gasteiger partial charge in [-0.25, -0.2) is 0 Å². The number of oxazole rings is 4. The van der Waals surface area contributed by atoms with Gasteiger partial charge < -0.3 is 37.3 Å². The van der Waals surface area contributed by atoms with E-state index in [9.17, 15) is 0 Å². The summed E-state index contributed by atoms with van der Waals surface area (Å²) in [7, 11) is 0. The molecule has 0 N–H and O–H groups in total. The van der Waals surface area contributed by atoms with Crippen molar-refractivity contribution in [1.82, 2.24) is 37.5 Å². The van der Waals surface area contributed by atoms with Crippen LogP contribution >= 0.6 is 11.6 Å². The quantitative estimate of drug-likeness (QED) is 0.134. The molecule has 0 radical (unpaired) electrons. The maximum Gasteiger partial charge on any atom is 0.307 e. The van der Waals surface area contributed by atoms with Gasteiger partial charge in [-0.1, -0.05) is 145 Å². The Kier molecular flexibility index (Phi) is 12.3. The van der Waals surface area contributed by atoms with Crippen LogP contribution in [0.3, 0.4) is 0 Å². The SMILES string of the molecule is Clc1c(N(c2ccccc2)c2ccc3nc4oc5ccccc5n4c3c2)cccc1N(c1ccccc1)c1ccc2nc3oc4ccccc4n3c2c1.c1ccc(N2c3cc4c(cc3B3c5cc6nc7oc8ccccc8n7c6cc5N(c5ccccc5)c5cccc2c53)nc2oc3ccccc3n24)cc1. The molecule has 498 valence electrons. The molecule has 18 heteroatoms. The lowest BCUT2D eigenvalue weighted by molar-refractivity contribution is 0.642. The average molecular weight is 1390 g/mol. The Morgan fingerprint density at radius 1 is 0.274 bits per heavy atom. The Morgan fingerprint density at radius 2 is 0.604 bits per heavy atom. The van der Waals surface area contributed by atoms with Crippen LogP contribution in [0.2, 0.25) is 5.02 Å². The van der Waals surface area contributed by atoms with Crippen molar-refractivity contribution in [3.8, 4) is 0 Å². The molecule has 0 spiro atoms. The van der Waals surface area contributed by atoms with Gasteiger partial charge in [-0.15, -0.1) is 0 Å². The topological polar surface area (TPSA) is 135 Å². The third-order valence-electron chi connectivity index (χ3n) is 20.9. The molecule has 106 heavy (non-hydrogen) atoms. The summed E-state index contributed by atoms with van der Waals surface area (Å²) in [6.07, 6.45) is 0. The van der Waals surface area contributed by atoms with Crippen molar-refractivity contribution in [2.75, 3.05) is 19.6 Å². The number of benzene rings is 14. The molecule has 14 aromatic carbocycles. The number of hydrogen-bond acceptors (Lipinski definition) is 12. The highest BCUT2D eigenvalue weighted by molar-refractivity contribution is 7.00. The average Bonchev–Trinajstić information content (AvgIpc) is 1.45. The highest BCUT2D eigenvalue weighted by Gasteiger charge is 2.44. The second-order valence-electron chi connectivity index (χ2n) is 26.8. The van der Waals surface area contributed by atoms with Gasteiger partial charge in [0.1, 0.15) is 0 Å². The minimum absolute atomic E-state index is 0.102. The standard InChI is InChI=1S/C44H25BN6O2.C44H27ClN6O2/c1-3-12-26(13-4-1)48-34-18-11-19-35-42(34)45(28-22-30-38(24-36(28)48)50-32-16-7-9-20-40(32)52-43(50)46-30)29-23-31-39(25-37(29)49(35)27-14-5-2-6-15-27)51-33-17-8-10-21-41(33)53-44(51)47-31;45-42-36(48(28-12-3-1-4-13-28)30-22-24-32-38(26-30)50-34-16-7-9-20-40(34)52-43(50)46-32)18-11-19-37(42)49(29-14-5-2-6-15-29)31-23-25-33-39(27-31)51-35-17-8-10-21-41(35)53-44(51)47-33/h1-25H;1-27H. The van der Waals surface area contributed by atoms with Crippen molar-refractivity contribution >= 4 is 215 Å². The number of nitrogens with zero attached hydrogens (tertiary/aromatic N) is 12. The number of imidazole rings is 4. The van der Waals surface area contributed by atoms with E-state index in [2.05, 4.69) is 231 Å². The second-order valence-corrected chi connectivity index (χ2v) is 27.2. The number of anilines is 12. The molecular weight excluding hydrogens is 1340 g/mol. The molecule has 0 atom stereocenters. The number of fused-ring (bicyclic) bond motifs is 24. The zero-order valence-electron chi connectivity index (χ0n) is 56.0. The number of halogens is 1. The normalized spacial score (nSPS) is 12.7. The van der Waals surface area contributed by atoms with E-state index in [-0.39, 0.29) is 6.71 Å². The fourth-order valence-electron chi connectivity index (χ4n) is 16.5. The van der Waals surface area contributed by atoms with Crippen molar-refractivity contribution in [3.63, 3.8) is 0 Å². The summed E-state index contributed by atoms with van der Waals surface area (Å²) in [6.45, 7) is -0.102. The summed E-state index contributed by atoms with van der Waals surface area (Å²) in [5.74, 6) is 2.28. The van der Waals surface area contributed by atoms with Crippen LogP contribution in [-0.2, 0) is 0 Å². The third-order valence-corrected chi connectivity index (χ3v) is 21.3. The molecular formula is C88H52BClN12O4. The fourth-order valence-corrected chi connectivity index (χ4v) is 16.8. The monoisotopic (exact) mass is 1390 g/mol. The minimum Gasteiger partial charge on any atom is -0.423 e. The van der Waals surface area contributed by atoms with Gasteiger partial charge in [-0.05, 0) is 198 Å². The molecule has 0 unspecified atom stereocenters. The molecule has 22 aromatic rings. The molecule has 16 nitrogen and oxygen atoms in total. The van der Waals surface area contributed by atoms with Crippen molar-refractivity contribution in [1.29, 1.82) is 0 Å². The molecule has 0 bridgehead atoms. The van der Waals surface area contributed by atoms with E-state index in [1.165, 1.54) is 16.4 Å². The van der Waals surface area contributed by atoms with Gasteiger partial charge in [0.25, 0.3) is 6.71 Å². The van der Waals surface area contributed by atoms with Crippen LogP contribution in [0.25, 0.3) is 112 Å². The Labute approximate surface area is 606 Å². The Hall–Kier alpha value is -14.3. The predicted octanol–water partition coefficient (Wildman–Crippen LogP) is 21.2. The number of aromatic nitrogens is 8. The van der Waals surface area contributed by atoms with E-state index in [4.69, 9.17) is 49.2 Å². The van der Waals surface area contributed by atoms with Gasteiger partial charge in [0.05, 0.1) is 82.6 Å². The summed E-state index contributed by atoms with van der Waals surface area (Å²) in [5, 5.41) is 0.583. The minimum atomic E-state index is -0.102. The highest BCUT2D eigenvalue weighted by atomic mass is 35.5. The maximum atomic E-state index is 7.66. The van der Waals surface area contributed by atoms with Crippen LogP contribution in [0, 0.1) is 0 Å². The van der Waals surface area contributed by atoms with E-state index < -0.39 is 0 Å². The first-order valence-electron chi connectivity index (χ1n) is 35.1. The largest absolute Gasteiger partial charge is 0.423 e. The van der Waals surface area contributed by atoms with Gasteiger partial charge in [-0.3, -0.25) is 17.6 Å². The third kappa shape index (κ3) is 8.53. The molecule has 0 aliphatic carbocycles. The van der Waals surface area contributed by atoms with Gasteiger partial charge in [0.2, 0.25) is 0 Å². The zero-order chi connectivity index (χ0) is 69.4. The van der Waals surface area contributed by atoms with E-state index >= 15 is 0 Å². The van der Waals surface area contributed by atoms with Gasteiger partial charge in [0, 0.05) is 56.9 Å². The summed E-state index contributed by atoms with van der Waals surface area (Å²) in [6, 6.07) is 109. The summed E-state index contributed by atoms with van der Waals surface area (Å²) < 4.78 is 33.2. The lowest BCUT2D eigenvalue weighted by Gasteiger charge is -2.44. The Bertz CT molecular complexity index is 6940. The molecule has 24 rings (SSSR count). The fraction of sp³-hybridized carbons (Fsp3) is 0. The first-order valence-corrected chi connectivity index (χ1v) is 35.4. The van der Waals surface area contributed by atoms with E-state index in [1.54, 1.807) is 0 Å². The van der Waals surface area contributed by atoms with E-state index in [1.807, 2.05) is 121 Å². The zero-order valence-corrected chi connectivity index (χ0v) is 56.7. The second kappa shape index (κ2) is 22.4. The summed E-state index contributed by atoms with van der Waals surface area (Å²) >= 11 is 7.66. The lowest BCUT2D eigenvalue weighted by atomic mass is 9.33. The lowest BCUT2D eigenvalue weighted by Crippen LogP contribution is -2.61. The molecule has 0 amide bonds. The number of hydrogen-bond donors (Lipinski definition) is 0. The Balaban J connectivity index is 0.000000129. The van der Waals surface area contributed by atoms with Crippen molar-refractivity contribution in [2.45, 2.75) is 0 Å². The highest BCUT2D eigenvalue weighted by Crippen LogP contribution is 2.50. The summed E-state index contributed by atoms with van der Waals surface area (Å²) in [5.41, 5.74) is 30.1. The first-order chi connectivity index (χ1) is 52.5. The van der Waals surface area contributed by atoms with Crippen molar-refractivity contribution in [2.24, 2.45) is 0 Å². The predicted molar refractivity (Wildman–Crippen MR) is 425 cm³/mol. The molecule has 2 aliphatic heterocycles. The maximum absolute atomic E-state index is 7.66. The summed E-state index contributed by atoms with van der Waals surface area (Å²) in [4.78, 5) is 29.0. The molecule has 0 saturated heterocycles. The Morgan fingerprint density at radius 3 is 0.991 bits per heavy atom. The van der Waals surface area contributed by atoms with E-state index in [0.717, 1.165) is 157 Å². The molecule has 0 saturated carbocycles. The van der Waals surface area contributed by atoms with Crippen LogP contribution in [0.1, 0.15) is 0 Å². The van der Waals surface area contributed by atoms with Crippen LogP contribution in [0.5, 0.6) is 0 Å². The number of rotatable bonds is 8. The molecule has 2 aliphatic rings. The molecule has 0 fully saturated rings. The first kappa shape index (κ1) is 58.4.